The largest absolute Gasteiger partial charge is 0.508 e. The van der Waals surface area contributed by atoms with Crippen LogP contribution in [0.1, 0.15) is 0 Å². The number of nitrogens with zero attached hydrogens (tertiary/aromatic N) is 1. The lowest BCUT2D eigenvalue weighted by Gasteiger charge is -1.89. The standard InChI is InChI=1S/C6H5NO3.4H2O/c8-6-3-1-5(2-4-6)7(9)10;;;;/h1-4,8H;4*1H2. The number of nitro groups is 1. The highest BCUT2D eigenvalue weighted by Gasteiger charge is 2.01. The first-order valence-corrected chi connectivity index (χ1v) is 2.63. The Morgan fingerprint density at radius 3 is 1.64 bits per heavy atom. The van der Waals surface area contributed by atoms with Crippen molar-refractivity contribution in [1.29, 1.82) is 0 Å². The lowest BCUT2D eigenvalue weighted by molar-refractivity contribution is -0.384. The lowest BCUT2D eigenvalue weighted by atomic mass is 10.3. The number of rotatable bonds is 1. The van der Waals surface area contributed by atoms with Gasteiger partial charge < -0.3 is 27.0 Å². The summed E-state index contributed by atoms with van der Waals surface area (Å²) in [6, 6.07) is 5.04. The Kier molecular flexibility index (Phi) is 15.2. The first kappa shape index (κ1) is 22.8. The fourth-order valence-corrected chi connectivity index (χ4v) is 0.574. The predicted octanol–water partition coefficient (Wildman–Crippen LogP) is -2.00. The van der Waals surface area contributed by atoms with Crippen LogP contribution in [0, 0.1) is 10.1 Å². The number of phenols is 1. The van der Waals surface area contributed by atoms with Crippen molar-refractivity contribution in [3.05, 3.63) is 34.4 Å². The Morgan fingerprint density at radius 1 is 1.00 bits per heavy atom. The second kappa shape index (κ2) is 9.35. The number of non-ortho nitro benzene ring substituents is 1. The van der Waals surface area contributed by atoms with Crippen LogP contribution < -0.4 is 0 Å². The minimum Gasteiger partial charge on any atom is -0.508 e. The van der Waals surface area contributed by atoms with Crippen molar-refractivity contribution in [1.82, 2.24) is 0 Å². The van der Waals surface area contributed by atoms with E-state index in [9.17, 15) is 10.1 Å². The van der Waals surface area contributed by atoms with Gasteiger partial charge in [0, 0.05) is 12.1 Å². The van der Waals surface area contributed by atoms with Crippen LogP contribution >= 0.6 is 0 Å². The number of phenolic OH excluding ortho intramolecular Hbond substituents is 1. The Bertz CT molecular complexity index is 247. The van der Waals surface area contributed by atoms with E-state index in [-0.39, 0.29) is 33.3 Å². The summed E-state index contributed by atoms with van der Waals surface area (Å²) < 4.78 is 0. The molecule has 14 heavy (non-hydrogen) atoms. The van der Waals surface area contributed by atoms with Crippen LogP contribution in [0.2, 0.25) is 0 Å². The van der Waals surface area contributed by atoms with E-state index in [4.69, 9.17) is 5.11 Å². The van der Waals surface area contributed by atoms with E-state index in [0.29, 0.717) is 0 Å². The second-order valence-corrected chi connectivity index (χ2v) is 1.77. The molecule has 1 rings (SSSR count). The number of hydrogen-bond acceptors (Lipinski definition) is 3. The van der Waals surface area contributed by atoms with Gasteiger partial charge in [0.25, 0.3) is 5.69 Å². The Balaban J connectivity index is -0.000000125. The first-order chi connectivity index (χ1) is 4.70. The molecule has 84 valence electrons. The number of nitro benzene ring substituents is 1. The molecular formula is C6H13NO7. The molecule has 0 aromatic heterocycles. The molecule has 1 aromatic rings. The molecule has 0 radical (unpaired) electrons. The van der Waals surface area contributed by atoms with E-state index < -0.39 is 4.92 Å². The van der Waals surface area contributed by atoms with Gasteiger partial charge in [-0.15, -0.1) is 0 Å². The van der Waals surface area contributed by atoms with Crippen molar-refractivity contribution in [2.75, 3.05) is 0 Å². The van der Waals surface area contributed by atoms with Crippen LogP contribution in [0.4, 0.5) is 5.69 Å². The van der Waals surface area contributed by atoms with Crippen LogP contribution in [0.5, 0.6) is 5.75 Å². The Labute approximate surface area is 78.8 Å². The predicted molar refractivity (Wildman–Crippen MR) is 49.2 cm³/mol. The van der Waals surface area contributed by atoms with Crippen LogP contribution in [0.3, 0.4) is 0 Å². The van der Waals surface area contributed by atoms with Crippen molar-refractivity contribution >= 4 is 5.69 Å². The normalized spacial score (nSPS) is 6.57. The molecule has 0 atom stereocenters. The highest BCUT2D eigenvalue weighted by molar-refractivity contribution is 5.34. The molecule has 0 bridgehead atoms. The summed E-state index contributed by atoms with van der Waals surface area (Å²) in [5.74, 6) is 0.0330. The monoisotopic (exact) mass is 211 g/mol. The first-order valence-electron chi connectivity index (χ1n) is 2.63. The van der Waals surface area contributed by atoms with Gasteiger partial charge >= 0.3 is 0 Å². The van der Waals surface area contributed by atoms with Gasteiger partial charge in [0.2, 0.25) is 0 Å². The molecule has 0 amide bonds. The Hall–Kier alpha value is -1.74. The average Bonchev–Trinajstić information content (AvgIpc) is 1.88. The molecule has 0 aliphatic carbocycles. The summed E-state index contributed by atoms with van der Waals surface area (Å²) in [4.78, 5) is 9.52. The van der Waals surface area contributed by atoms with Crippen molar-refractivity contribution in [2.45, 2.75) is 0 Å². The highest BCUT2D eigenvalue weighted by Crippen LogP contribution is 2.14. The molecule has 0 saturated carbocycles. The van der Waals surface area contributed by atoms with Crippen LogP contribution in [-0.4, -0.2) is 31.9 Å². The van der Waals surface area contributed by atoms with Crippen molar-refractivity contribution in [3.63, 3.8) is 0 Å². The van der Waals surface area contributed by atoms with Crippen LogP contribution in [0.15, 0.2) is 24.3 Å². The molecule has 9 N–H and O–H groups in total. The molecule has 0 saturated heterocycles. The third-order valence-corrected chi connectivity index (χ3v) is 1.06. The van der Waals surface area contributed by atoms with E-state index in [1.807, 2.05) is 0 Å². The smallest absolute Gasteiger partial charge is 0.269 e. The SMILES string of the molecule is O.O.O.O.O=[N+]([O-])c1ccc(O)cc1. The van der Waals surface area contributed by atoms with Gasteiger partial charge in [-0.25, -0.2) is 0 Å². The molecule has 1 aromatic carbocycles. The summed E-state index contributed by atoms with van der Waals surface area (Å²) in [5.41, 5.74) is -0.0159. The zero-order valence-electron chi connectivity index (χ0n) is 7.02. The van der Waals surface area contributed by atoms with Gasteiger partial charge in [-0.2, -0.15) is 0 Å². The zero-order chi connectivity index (χ0) is 7.56. The van der Waals surface area contributed by atoms with Gasteiger partial charge in [0.1, 0.15) is 5.75 Å². The van der Waals surface area contributed by atoms with Gasteiger partial charge in [-0.3, -0.25) is 10.1 Å². The zero-order valence-corrected chi connectivity index (χ0v) is 7.02. The molecule has 0 unspecified atom stereocenters. The maximum Gasteiger partial charge on any atom is 0.269 e. The quantitative estimate of drug-likeness (QED) is 0.415. The summed E-state index contributed by atoms with van der Waals surface area (Å²) in [7, 11) is 0. The van der Waals surface area contributed by atoms with E-state index in [2.05, 4.69) is 0 Å². The third-order valence-electron chi connectivity index (χ3n) is 1.06. The fraction of sp³-hybridized carbons (Fsp3) is 0. The molecule has 0 aliphatic heterocycles. The Morgan fingerprint density at radius 2 is 1.36 bits per heavy atom. The van der Waals surface area contributed by atoms with Gasteiger partial charge in [0.15, 0.2) is 0 Å². The average molecular weight is 211 g/mol. The summed E-state index contributed by atoms with van der Waals surface area (Å²) in [6.45, 7) is 0. The maximum absolute atomic E-state index is 10.0. The number of hydrogen-bond donors (Lipinski definition) is 1. The number of aromatic hydroxyl groups is 1. The van der Waals surface area contributed by atoms with E-state index in [1.54, 1.807) is 0 Å². The topological polar surface area (TPSA) is 189 Å². The third kappa shape index (κ3) is 5.85. The van der Waals surface area contributed by atoms with E-state index in [0.717, 1.165) is 0 Å². The maximum atomic E-state index is 10.0. The van der Waals surface area contributed by atoms with Crippen molar-refractivity contribution in [2.24, 2.45) is 0 Å². The van der Waals surface area contributed by atoms with E-state index >= 15 is 0 Å². The van der Waals surface area contributed by atoms with E-state index in [1.165, 1.54) is 24.3 Å². The van der Waals surface area contributed by atoms with Crippen molar-refractivity contribution in [3.8, 4) is 5.75 Å². The highest BCUT2D eigenvalue weighted by atomic mass is 16.6. The lowest BCUT2D eigenvalue weighted by Crippen LogP contribution is -1.85. The summed E-state index contributed by atoms with van der Waals surface area (Å²) in [6.07, 6.45) is 0. The molecule has 0 spiro atoms. The fourth-order valence-electron chi connectivity index (χ4n) is 0.574. The molecule has 8 nitrogen and oxygen atoms in total. The van der Waals surface area contributed by atoms with Crippen molar-refractivity contribution < 1.29 is 31.9 Å². The molecule has 0 heterocycles. The van der Waals surface area contributed by atoms with Gasteiger partial charge in [-0.1, -0.05) is 0 Å². The van der Waals surface area contributed by atoms with Crippen LogP contribution in [0.25, 0.3) is 0 Å². The minimum absolute atomic E-state index is 0. The number of benzene rings is 1. The molecule has 0 fully saturated rings. The minimum atomic E-state index is -0.514. The second-order valence-electron chi connectivity index (χ2n) is 1.77. The molecule has 8 heteroatoms. The summed E-state index contributed by atoms with van der Waals surface area (Å²) in [5, 5.41) is 18.8. The molecule has 0 aliphatic rings. The summed E-state index contributed by atoms with van der Waals surface area (Å²) >= 11 is 0. The van der Waals surface area contributed by atoms with Gasteiger partial charge in [0.05, 0.1) is 4.92 Å². The molecular weight excluding hydrogens is 198 g/mol. The van der Waals surface area contributed by atoms with Gasteiger partial charge in [-0.05, 0) is 12.1 Å². The van der Waals surface area contributed by atoms with Crippen LogP contribution in [-0.2, 0) is 0 Å².